The highest BCUT2D eigenvalue weighted by Crippen LogP contribution is 2.26. The zero-order valence-electron chi connectivity index (χ0n) is 16.8. The Bertz CT molecular complexity index is 1060. The molecule has 160 valence electrons. The molecule has 2 N–H and O–H groups in total. The number of carbonyl (C=O) groups is 2. The van der Waals surface area contributed by atoms with E-state index in [0.717, 1.165) is 30.0 Å². The number of para-hydroxylation sites is 2. The van der Waals surface area contributed by atoms with Crippen molar-refractivity contribution in [3.05, 3.63) is 76.7 Å². The third-order valence-corrected chi connectivity index (χ3v) is 5.33. The van der Waals surface area contributed by atoms with Gasteiger partial charge in [0, 0.05) is 18.8 Å². The molecule has 3 aromatic rings. The lowest BCUT2D eigenvalue weighted by atomic mass is 10.1. The minimum Gasteiger partial charge on any atom is -0.444 e. The van der Waals surface area contributed by atoms with E-state index in [1.54, 1.807) is 24.3 Å². The maximum absolute atomic E-state index is 12.6. The summed E-state index contributed by atoms with van der Waals surface area (Å²) in [6, 6.07) is 18.2. The summed E-state index contributed by atoms with van der Waals surface area (Å²) in [6.07, 6.45) is 0.233. The number of benzene rings is 2. The zero-order valence-corrected chi connectivity index (χ0v) is 18.4. The average molecular weight is 484 g/mol. The highest BCUT2D eigenvalue weighted by Gasteiger charge is 2.16. The number of amides is 2. The molecule has 0 bridgehead atoms. The van der Waals surface area contributed by atoms with Crippen LogP contribution in [0.1, 0.15) is 16.1 Å². The van der Waals surface area contributed by atoms with Crippen molar-refractivity contribution in [1.29, 1.82) is 0 Å². The minimum absolute atomic E-state index is 0.0991. The Hall–Kier alpha value is -3.10. The first-order valence-electron chi connectivity index (χ1n) is 9.96. The maximum atomic E-state index is 12.6. The largest absolute Gasteiger partial charge is 0.444 e. The van der Waals surface area contributed by atoms with E-state index in [9.17, 15) is 9.59 Å². The van der Waals surface area contributed by atoms with Gasteiger partial charge in [-0.1, -0.05) is 24.3 Å². The molecule has 2 aromatic carbocycles. The van der Waals surface area contributed by atoms with Gasteiger partial charge in [0.2, 0.25) is 5.91 Å². The molecule has 1 aliphatic rings. The Balaban J connectivity index is 1.35. The van der Waals surface area contributed by atoms with Gasteiger partial charge in [0.15, 0.2) is 10.4 Å². The van der Waals surface area contributed by atoms with Gasteiger partial charge in [-0.15, -0.1) is 0 Å². The Morgan fingerprint density at radius 2 is 1.68 bits per heavy atom. The summed E-state index contributed by atoms with van der Waals surface area (Å²) in [5.41, 5.74) is 3.27. The van der Waals surface area contributed by atoms with Crippen LogP contribution < -0.4 is 15.5 Å². The van der Waals surface area contributed by atoms with Crippen LogP contribution in [0.25, 0.3) is 0 Å². The molecule has 1 fully saturated rings. The number of carbonyl (C=O) groups excluding carboxylic acids is 2. The number of morpholine rings is 1. The summed E-state index contributed by atoms with van der Waals surface area (Å²) < 4.78 is 11.2. The fourth-order valence-electron chi connectivity index (χ4n) is 3.37. The lowest BCUT2D eigenvalue weighted by Crippen LogP contribution is -2.36. The molecule has 0 radical (unpaired) electrons. The quantitative estimate of drug-likeness (QED) is 0.545. The van der Waals surface area contributed by atoms with Gasteiger partial charge < -0.3 is 24.7 Å². The van der Waals surface area contributed by atoms with E-state index in [1.165, 1.54) is 0 Å². The predicted molar refractivity (Wildman–Crippen MR) is 123 cm³/mol. The molecule has 0 atom stereocenters. The van der Waals surface area contributed by atoms with Crippen molar-refractivity contribution in [3.8, 4) is 0 Å². The molecular weight excluding hydrogens is 462 g/mol. The van der Waals surface area contributed by atoms with Crippen molar-refractivity contribution in [1.82, 2.24) is 0 Å². The highest BCUT2D eigenvalue weighted by atomic mass is 79.9. The normalized spacial score (nSPS) is 13.6. The number of hydrogen-bond donors (Lipinski definition) is 2. The van der Waals surface area contributed by atoms with E-state index >= 15 is 0 Å². The summed E-state index contributed by atoms with van der Waals surface area (Å²) in [5.74, 6) is -0.219. The molecule has 0 saturated carbocycles. The molecule has 2 amide bonds. The second kappa shape index (κ2) is 9.80. The van der Waals surface area contributed by atoms with Crippen LogP contribution in [0.5, 0.6) is 0 Å². The number of anilines is 3. The van der Waals surface area contributed by atoms with E-state index in [4.69, 9.17) is 9.15 Å². The molecule has 31 heavy (non-hydrogen) atoms. The molecule has 2 heterocycles. The van der Waals surface area contributed by atoms with Crippen LogP contribution in [0.4, 0.5) is 17.1 Å². The van der Waals surface area contributed by atoms with Crippen molar-refractivity contribution in [3.63, 3.8) is 0 Å². The fourth-order valence-corrected chi connectivity index (χ4v) is 3.68. The van der Waals surface area contributed by atoms with Gasteiger partial charge in [0.1, 0.15) is 0 Å². The van der Waals surface area contributed by atoms with Gasteiger partial charge in [-0.3, -0.25) is 9.59 Å². The van der Waals surface area contributed by atoms with Crippen LogP contribution in [0, 0.1) is 0 Å². The van der Waals surface area contributed by atoms with Crippen LogP contribution in [0.3, 0.4) is 0 Å². The maximum Gasteiger partial charge on any atom is 0.291 e. The molecule has 4 rings (SSSR count). The second-order valence-electron chi connectivity index (χ2n) is 7.10. The van der Waals surface area contributed by atoms with E-state index in [-0.39, 0.29) is 24.0 Å². The third kappa shape index (κ3) is 5.53. The highest BCUT2D eigenvalue weighted by molar-refractivity contribution is 9.10. The topological polar surface area (TPSA) is 83.8 Å². The minimum atomic E-state index is -0.337. The number of furan rings is 1. The van der Waals surface area contributed by atoms with Crippen LogP contribution in [-0.4, -0.2) is 38.1 Å². The first-order valence-corrected chi connectivity index (χ1v) is 10.7. The first-order chi connectivity index (χ1) is 15.1. The monoisotopic (exact) mass is 483 g/mol. The van der Waals surface area contributed by atoms with Crippen LogP contribution in [0.15, 0.2) is 69.8 Å². The van der Waals surface area contributed by atoms with Crippen LogP contribution >= 0.6 is 15.9 Å². The first kappa shape index (κ1) is 21.1. The molecule has 1 aliphatic heterocycles. The van der Waals surface area contributed by atoms with E-state index < -0.39 is 0 Å². The second-order valence-corrected chi connectivity index (χ2v) is 7.88. The summed E-state index contributed by atoms with van der Waals surface area (Å²) in [4.78, 5) is 27.0. The molecule has 7 nitrogen and oxygen atoms in total. The van der Waals surface area contributed by atoms with Crippen molar-refractivity contribution in [2.75, 3.05) is 41.8 Å². The molecule has 0 aliphatic carbocycles. The standard InChI is InChI=1S/C23H22BrN3O4/c24-21-10-9-20(31-21)23(29)25-17-7-5-16(6-8-17)15-22(28)26-18-3-1-2-4-19(18)27-11-13-30-14-12-27/h1-10H,11-15H2,(H,25,29)(H,26,28). The average Bonchev–Trinajstić information content (AvgIpc) is 3.22. The third-order valence-electron chi connectivity index (χ3n) is 4.90. The molecule has 1 saturated heterocycles. The summed E-state index contributed by atoms with van der Waals surface area (Å²) >= 11 is 3.18. The number of ether oxygens (including phenoxy) is 1. The SMILES string of the molecule is O=C(Cc1ccc(NC(=O)c2ccc(Br)o2)cc1)Nc1ccccc1N1CCOCC1. The number of rotatable bonds is 6. The molecular formula is C23H22BrN3O4. The molecule has 0 spiro atoms. The Morgan fingerprint density at radius 3 is 2.39 bits per heavy atom. The molecule has 8 heteroatoms. The number of nitrogens with zero attached hydrogens (tertiary/aromatic N) is 1. The Morgan fingerprint density at radius 1 is 0.935 bits per heavy atom. The summed E-state index contributed by atoms with van der Waals surface area (Å²) in [7, 11) is 0. The van der Waals surface area contributed by atoms with Gasteiger partial charge in [0.25, 0.3) is 5.91 Å². The Kier molecular flexibility index (Phi) is 6.69. The van der Waals surface area contributed by atoms with Crippen molar-refractivity contribution >= 4 is 44.8 Å². The van der Waals surface area contributed by atoms with E-state index in [2.05, 4.69) is 31.5 Å². The van der Waals surface area contributed by atoms with Crippen molar-refractivity contribution < 1.29 is 18.7 Å². The van der Waals surface area contributed by atoms with Gasteiger partial charge in [-0.25, -0.2) is 0 Å². The van der Waals surface area contributed by atoms with Crippen LogP contribution in [-0.2, 0) is 16.0 Å². The zero-order chi connectivity index (χ0) is 21.6. The van der Waals surface area contributed by atoms with Gasteiger partial charge in [0.05, 0.1) is 31.0 Å². The van der Waals surface area contributed by atoms with Gasteiger partial charge >= 0.3 is 0 Å². The smallest absolute Gasteiger partial charge is 0.291 e. The van der Waals surface area contributed by atoms with E-state index in [0.29, 0.717) is 23.6 Å². The number of nitrogens with one attached hydrogen (secondary N) is 2. The lowest BCUT2D eigenvalue weighted by molar-refractivity contribution is -0.115. The number of hydrogen-bond acceptors (Lipinski definition) is 5. The number of halogens is 1. The summed E-state index contributed by atoms with van der Waals surface area (Å²) in [6.45, 7) is 2.97. The lowest BCUT2D eigenvalue weighted by Gasteiger charge is -2.30. The van der Waals surface area contributed by atoms with Crippen LogP contribution in [0.2, 0.25) is 0 Å². The summed E-state index contributed by atoms with van der Waals surface area (Å²) in [5, 5.41) is 5.78. The van der Waals surface area contributed by atoms with Crippen molar-refractivity contribution in [2.24, 2.45) is 0 Å². The fraction of sp³-hybridized carbons (Fsp3) is 0.217. The molecule has 0 unspecified atom stereocenters. The molecule has 1 aromatic heterocycles. The Labute approximate surface area is 188 Å². The predicted octanol–water partition coefficient (Wildman–Crippen LogP) is 4.31. The van der Waals surface area contributed by atoms with Gasteiger partial charge in [-0.05, 0) is 57.9 Å². The van der Waals surface area contributed by atoms with Gasteiger partial charge in [-0.2, -0.15) is 0 Å². The van der Waals surface area contributed by atoms with Crippen molar-refractivity contribution in [2.45, 2.75) is 6.42 Å². The van der Waals surface area contributed by atoms with E-state index in [1.807, 2.05) is 36.4 Å².